The van der Waals surface area contributed by atoms with Gasteiger partial charge in [0.2, 0.25) is 0 Å². The Morgan fingerprint density at radius 1 is 1.29 bits per heavy atom. The summed E-state index contributed by atoms with van der Waals surface area (Å²) in [6.45, 7) is 5.60. The zero-order valence-electron chi connectivity index (χ0n) is 14.0. The largest absolute Gasteiger partial charge is 0.462 e. The summed E-state index contributed by atoms with van der Waals surface area (Å²) in [6, 6.07) is 10.4. The van der Waals surface area contributed by atoms with Gasteiger partial charge in [-0.25, -0.2) is 4.79 Å². The first-order valence-corrected chi connectivity index (χ1v) is 8.96. The molecule has 0 spiro atoms. The molecule has 6 heteroatoms. The van der Waals surface area contributed by atoms with E-state index in [1.165, 1.54) is 5.69 Å². The number of esters is 1. The lowest BCUT2D eigenvalue weighted by Gasteiger charge is -2.28. The summed E-state index contributed by atoms with van der Waals surface area (Å²) in [7, 11) is 1.82. The fraction of sp³-hybridized carbons (Fsp3) is 0.389. The molecular formula is C18H22N2O3S. The molecule has 2 heterocycles. The van der Waals surface area contributed by atoms with Crippen LogP contribution in [0, 0.1) is 0 Å². The number of nitrogens with one attached hydrogen (secondary N) is 1. The van der Waals surface area contributed by atoms with E-state index in [-0.39, 0.29) is 5.97 Å². The summed E-state index contributed by atoms with van der Waals surface area (Å²) in [6.07, 6.45) is 0. The second-order valence-corrected chi connectivity index (χ2v) is 6.52. The van der Waals surface area contributed by atoms with Crippen LogP contribution >= 0.6 is 11.3 Å². The van der Waals surface area contributed by atoms with Gasteiger partial charge in [-0.1, -0.05) is 12.1 Å². The number of hydrogen-bond donors (Lipinski definition) is 1. The number of carbonyl (C=O) groups excluding carboxylic acids is 1. The highest BCUT2D eigenvalue weighted by Crippen LogP contribution is 2.36. The first kappa shape index (κ1) is 16.8. The summed E-state index contributed by atoms with van der Waals surface area (Å²) in [5.41, 5.74) is 2.90. The van der Waals surface area contributed by atoms with Crippen LogP contribution < -0.4 is 10.2 Å². The van der Waals surface area contributed by atoms with Gasteiger partial charge in [0.05, 0.1) is 25.4 Å². The number of thiophene rings is 1. The molecule has 128 valence electrons. The van der Waals surface area contributed by atoms with Crippen LogP contribution in [0.25, 0.3) is 10.4 Å². The fourth-order valence-electron chi connectivity index (χ4n) is 2.74. The van der Waals surface area contributed by atoms with Crippen LogP contribution in [0.3, 0.4) is 0 Å². The van der Waals surface area contributed by atoms with Crippen LogP contribution in [0.15, 0.2) is 30.3 Å². The van der Waals surface area contributed by atoms with Crippen molar-refractivity contribution in [2.75, 3.05) is 50.2 Å². The Morgan fingerprint density at radius 3 is 2.62 bits per heavy atom. The van der Waals surface area contributed by atoms with E-state index in [9.17, 15) is 4.79 Å². The van der Waals surface area contributed by atoms with Gasteiger partial charge < -0.3 is 19.7 Å². The van der Waals surface area contributed by atoms with Gasteiger partial charge in [0.1, 0.15) is 5.00 Å². The van der Waals surface area contributed by atoms with Crippen LogP contribution in [0.1, 0.15) is 17.3 Å². The molecule has 2 aromatic rings. The highest BCUT2D eigenvalue weighted by molar-refractivity contribution is 7.19. The molecule has 1 aromatic heterocycles. The number of ether oxygens (including phenoxy) is 2. The minimum Gasteiger partial charge on any atom is -0.462 e. The predicted molar refractivity (Wildman–Crippen MR) is 98.3 cm³/mol. The summed E-state index contributed by atoms with van der Waals surface area (Å²) in [5.74, 6) is -0.283. The molecule has 1 saturated heterocycles. The van der Waals surface area contributed by atoms with Crippen molar-refractivity contribution in [3.05, 3.63) is 35.9 Å². The van der Waals surface area contributed by atoms with Gasteiger partial charge >= 0.3 is 5.97 Å². The van der Waals surface area contributed by atoms with Crippen molar-refractivity contribution in [3.63, 3.8) is 0 Å². The van der Waals surface area contributed by atoms with Gasteiger partial charge in [-0.05, 0) is 30.7 Å². The maximum absolute atomic E-state index is 12.1. The van der Waals surface area contributed by atoms with Gasteiger partial charge in [-0.2, -0.15) is 0 Å². The number of hydrogen-bond acceptors (Lipinski definition) is 6. The second-order valence-electron chi connectivity index (χ2n) is 5.47. The number of benzene rings is 1. The van der Waals surface area contributed by atoms with E-state index in [0.29, 0.717) is 12.2 Å². The molecule has 0 unspecified atom stereocenters. The third kappa shape index (κ3) is 3.55. The molecule has 0 atom stereocenters. The van der Waals surface area contributed by atoms with E-state index >= 15 is 0 Å². The minimum atomic E-state index is -0.283. The second kappa shape index (κ2) is 7.68. The van der Waals surface area contributed by atoms with E-state index in [4.69, 9.17) is 9.47 Å². The molecule has 1 aromatic carbocycles. The van der Waals surface area contributed by atoms with Crippen LogP contribution in [-0.2, 0) is 9.47 Å². The highest BCUT2D eigenvalue weighted by atomic mass is 32.1. The number of rotatable bonds is 5. The maximum atomic E-state index is 12.1. The summed E-state index contributed by atoms with van der Waals surface area (Å²) in [4.78, 5) is 15.4. The smallest absolute Gasteiger partial charge is 0.341 e. The van der Waals surface area contributed by atoms with Crippen molar-refractivity contribution >= 4 is 28.0 Å². The van der Waals surface area contributed by atoms with Crippen LogP contribution in [0.2, 0.25) is 0 Å². The molecular weight excluding hydrogens is 324 g/mol. The Kier molecular flexibility index (Phi) is 5.37. The van der Waals surface area contributed by atoms with Crippen molar-refractivity contribution < 1.29 is 14.3 Å². The SMILES string of the molecule is CCOC(=O)c1cc(-c2ccc(N3CCOCC3)cc2)sc1NC. The molecule has 1 N–H and O–H groups in total. The van der Waals surface area contributed by atoms with Crippen molar-refractivity contribution in [1.29, 1.82) is 0 Å². The van der Waals surface area contributed by atoms with Crippen molar-refractivity contribution in [1.82, 2.24) is 0 Å². The van der Waals surface area contributed by atoms with Gasteiger partial charge in [0.25, 0.3) is 0 Å². The van der Waals surface area contributed by atoms with Gasteiger partial charge in [0, 0.05) is 30.7 Å². The normalized spacial score (nSPS) is 14.5. The molecule has 24 heavy (non-hydrogen) atoms. The zero-order chi connectivity index (χ0) is 16.9. The van der Waals surface area contributed by atoms with Crippen LogP contribution in [0.5, 0.6) is 0 Å². The molecule has 0 radical (unpaired) electrons. The molecule has 0 amide bonds. The Balaban J connectivity index is 1.82. The molecule has 3 rings (SSSR count). The standard InChI is InChI=1S/C18H22N2O3S/c1-3-23-18(21)15-12-16(24-17(15)19-2)13-4-6-14(7-5-13)20-8-10-22-11-9-20/h4-7,12,19H,3,8-11H2,1-2H3. The van der Waals surface area contributed by atoms with E-state index in [1.54, 1.807) is 11.3 Å². The van der Waals surface area contributed by atoms with Gasteiger partial charge in [-0.15, -0.1) is 11.3 Å². The van der Waals surface area contributed by atoms with Gasteiger partial charge in [-0.3, -0.25) is 0 Å². The Morgan fingerprint density at radius 2 is 2.00 bits per heavy atom. The molecule has 0 aliphatic carbocycles. The lowest BCUT2D eigenvalue weighted by molar-refractivity contribution is 0.0528. The average Bonchev–Trinajstić information content (AvgIpc) is 3.07. The third-order valence-electron chi connectivity index (χ3n) is 3.98. The topological polar surface area (TPSA) is 50.8 Å². The molecule has 5 nitrogen and oxygen atoms in total. The van der Waals surface area contributed by atoms with Crippen molar-refractivity contribution in [2.45, 2.75) is 6.92 Å². The lowest BCUT2D eigenvalue weighted by atomic mass is 10.1. The third-order valence-corrected chi connectivity index (χ3v) is 5.18. The summed E-state index contributed by atoms with van der Waals surface area (Å²) in [5, 5.41) is 3.92. The number of carbonyl (C=O) groups is 1. The zero-order valence-corrected chi connectivity index (χ0v) is 14.8. The average molecular weight is 346 g/mol. The number of anilines is 2. The molecule has 1 aliphatic heterocycles. The quantitative estimate of drug-likeness (QED) is 0.840. The number of nitrogens with zero attached hydrogens (tertiary/aromatic N) is 1. The van der Waals surface area contributed by atoms with E-state index in [1.807, 2.05) is 20.0 Å². The monoisotopic (exact) mass is 346 g/mol. The molecule has 1 fully saturated rings. The highest BCUT2D eigenvalue weighted by Gasteiger charge is 2.17. The first-order chi connectivity index (χ1) is 11.7. The Bertz CT molecular complexity index is 691. The summed E-state index contributed by atoms with van der Waals surface area (Å²) < 4.78 is 10.5. The van der Waals surface area contributed by atoms with Gasteiger partial charge in [0.15, 0.2) is 0 Å². The van der Waals surface area contributed by atoms with Crippen LogP contribution in [-0.4, -0.2) is 45.9 Å². The lowest BCUT2D eigenvalue weighted by Crippen LogP contribution is -2.36. The minimum absolute atomic E-state index is 0.283. The predicted octanol–water partition coefficient (Wildman–Crippen LogP) is 3.47. The van der Waals surface area contributed by atoms with Crippen molar-refractivity contribution in [2.24, 2.45) is 0 Å². The number of morpholine rings is 1. The Hall–Kier alpha value is -2.05. The molecule has 0 saturated carbocycles. The van der Waals surface area contributed by atoms with Crippen LogP contribution in [0.4, 0.5) is 10.7 Å². The Labute approximate surface area is 146 Å². The van der Waals surface area contributed by atoms with E-state index in [0.717, 1.165) is 41.7 Å². The summed E-state index contributed by atoms with van der Waals surface area (Å²) >= 11 is 1.56. The molecule has 0 bridgehead atoms. The first-order valence-electron chi connectivity index (χ1n) is 8.14. The molecule has 1 aliphatic rings. The maximum Gasteiger partial charge on any atom is 0.341 e. The van der Waals surface area contributed by atoms with E-state index in [2.05, 4.69) is 34.5 Å². The van der Waals surface area contributed by atoms with Crippen molar-refractivity contribution in [3.8, 4) is 10.4 Å². The fourth-order valence-corrected chi connectivity index (χ4v) is 3.74. The van der Waals surface area contributed by atoms with E-state index < -0.39 is 0 Å².